The largest absolute Gasteiger partial charge is 0.385 e. The molecule has 1 atom stereocenters. The fourth-order valence-corrected chi connectivity index (χ4v) is 1.54. The van der Waals surface area contributed by atoms with Crippen molar-refractivity contribution < 1.29 is 9.53 Å². The van der Waals surface area contributed by atoms with Crippen molar-refractivity contribution in [3.63, 3.8) is 0 Å². The molecule has 0 aromatic carbocycles. The minimum atomic E-state index is 0. The van der Waals surface area contributed by atoms with E-state index in [4.69, 9.17) is 10.5 Å². The molecule has 4 nitrogen and oxygen atoms in total. The highest BCUT2D eigenvalue weighted by Gasteiger charge is 2.22. The lowest BCUT2D eigenvalue weighted by Gasteiger charge is -2.15. The van der Waals surface area contributed by atoms with Crippen LogP contribution in [-0.4, -0.2) is 43.7 Å². The third-order valence-electron chi connectivity index (χ3n) is 2.32. The topological polar surface area (TPSA) is 55.6 Å². The lowest BCUT2D eigenvalue weighted by molar-refractivity contribution is -0.130. The van der Waals surface area contributed by atoms with Crippen LogP contribution in [0.3, 0.4) is 0 Å². The Morgan fingerprint density at radius 2 is 2.36 bits per heavy atom. The molecule has 0 aromatic rings. The third kappa shape index (κ3) is 4.26. The number of carbonyl (C=O) groups is 1. The minimum absolute atomic E-state index is 0. The van der Waals surface area contributed by atoms with Crippen LogP contribution in [0.25, 0.3) is 0 Å². The average Bonchev–Trinajstić information content (AvgIpc) is 2.52. The second kappa shape index (κ2) is 7.04. The van der Waals surface area contributed by atoms with Crippen LogP contribution in [0.1, 0.15) is 19.3 Å². The van der Waals surface area contributed by atoms with E-state index >= 15 is 0 Å². The molecule has 1 aliphatic rings. The van der Waals surface area contributed by atoms with E-state index < -0.39 is 0 Å². The van der Waals surface area contributed by atoms with Gasteiger partial charge in [-0.25, -0.2) is 0 Å². The molecule has 1 fully saturated rings. The Balaban J connectivity index is 0.00000169. The summed E-state index contributed by atoms with van der Waals surface area (Å²) in [5.74, 6) is 0.213. The van der Waals surface area contributed by atoms with E-state index in [1.54, 1.807) is 7.11 Å². The number of nitrogens with zero attached hydrogens (tertiary/aromatic N) is 1. The van der Waals surface area contributed by atoms with Crippen LogP contribution in [0, 0.1) is 0 Å². The highest BCUT2D eigenvalue weighted by molar-refractivity contribution is 5.85. The number of nitrogens with two attached hydrogens (primary N) is 1. The number of hydrogen-bond donors (Lipinski definition) is 1. The average molecular weight is 223 g/mol. The van der Waals surface area contributed by atoms with Gasteiger partial charge in [-0.15, -0.1) is 12.4 Å². The van der Waals surface area contributed by atoms with Crippen molar-refractivity contribution in [2.45, 2.75) is 25.3 Å². The smallest absolute Gasteiger partial charge is 0.222 e. The lowest BCUT2D eigenvalue weighted by Crippen LogP contribution is -2.31. The fraction of sp³-hybridized carbons (Fsp3) is 0.889. The number of halogens is 1. The first-order valence-electron chi connectivity index (χ1n) is 4.76. The summed E-state index contributed by atoms with van der Waals surface area (Å²) < 4.78 is 4.88. The summed E-state index contributed by atoms with van der Waals surface area (Å²) in [4.78, 5) is 13.3. The van der Waals surface area contributed by atoms with E-state index in [-0.39, 0.29) is 24.4 Å². The predicted octanol–water partition coefficient (Wildman–Crippen LogP) is 0.394. The lowest BCUT2D eigenvalue weighted by atomic mass is 10.3. The van der Waals surface area contributed by atoms with Crippen molar-refractivity contribution in [1.82, 2.24) is 4.90 Å². The van der Waals surface area contributed by atoms with Gasteiger partial charge in [0.25, 0.3) is 0 Å². The molecule has 1 saturated heterocycles. The van der Waals surface area contributed by atoms with Gasteiger partial charge in [-0.3, -0.25) is 4.79 Å². The minimum Gasteiger partial charge on any atom is -0.385 e. The van der Waals surface area contributed by atoms with Gasteiger partial charge in [0.1, 0.15) is 0 Å². The SMILES string of the molecule is COCCCC(=O)N1CC[C@H](N)C1.Cl. The summed E-state index contributed by atoms with van der Waals surface area (Å²) in [5, 5.41) is 0. The Morgan fingerprint density at radius 1 is 1.64 bits per heavy atom. The molecule has 0 aliphatic carbocycles. The maximum Gasteiger partial charge on any atom is 0.222 e. The van der Waals surface area contributed by atoms with Gasteiger partial charge >= 0.3 is 0 Å². The molecule has 0 bridgehead atoms. The summed E-state index contributed by atoms with van der Waals surface area (Å²) in [6.07, 6.45) is 2.33. The number of hydrogen-bond acceptors (Lipinski definition) is 3. The second-order valence-corrected chi connectivity index (χ2v) is 3.48. The normalized spacial score (nSPS) is 20.7. The van der Waals surface area contributed by atoms with Gasteiger partial charge in [0.05, 0.1) is 0 Å². The number of rotatable bonds is 4. The first-order chi connectivity index (χ1) is 6.24. The molecule has 84 valence electrons. The number of ether oxygens (including phenoxy) is 1. The molecule has 5 heteroatoms. The van der Waals surface area contributed by atoms with Crippen LogP contribution in [0.5, 0.6) is 0 Å². The predicted molar refractivity (Wildman–Crippen MR) is 57.5 cm³/mol. The molecule has 1 rings (SSSR count). The van der Waals surface area contributed by atoms with Crippen LogP contribution in [0.15, 0.2) is 0 Å². The van der Waals surface area contributed by atoms with Crippen LogP contribution in [-0.2, 0) is 9.53 Å². The monoisotopic (exact) mass is 222 g/mol. The van der Waals surface area contributed by atoms with Gasteiger partial charge in [-0.2, -0.15) is 0 Å². The molecule has 0 aromatic heterocycles. The highest BCUT2D eigenvalue weighted by atomic mass is 35.5. The first kappa shape index (κ1) is 13.7. The number of amides is 1. The standard InChI is InChI=1S/C9H18N2O2.ClH/c1-13-6-2-3-9(12)11-5-4-8(10)7-11;/h8H,2-7,10H2,1H3;1H/t8-;/m0./s1. The summed E-state index contributed by atoms with van der Waals surface area (Å²) in [5.41, 5.74) is 5.70. The van der Waals surface area contributed by atoms with Crippen molar-refractivity contribution >= 4 is 18.3 Å². The van der Waals surface area contributed by atoms with E-state index in [1.807, 2.05) is 4.90 Å². The molecule has 0 spiro atoms. The Morgan fingerprint density at radius 3 is 2.86 bits per heavy atom. The van der Waals surface area contributed by atoms with E-state index in [0.717, 1.165) is 25.9 Å². The quantitative estimate of drug-likeness (QED) is 0.701. The molecule has 14 heavy (non-hydrogen) atoms. The number of likely N-dealkylation sites (tertiary alicyclic amines) is 1. The Bertz CT molecular complexity index is 178. The number of carbonyl (C=O) groups excluding carboxylic acids is 1. The van der Waals surface area contributed by atoms with Gasteiger partial charge in [-0.05, 0) is 12.8 Å². The van der Waals surface area contributed by atoms with Crippen molar-refractivity contribution in [2.75, 3.05) is 26.8 Å². The summed E-state index contributed by atoms with van der Waals surface area (Å²) in [7, 11) is 1.65. The fourth-order valence-electron chi connectivity index (χ4n) is 1.54. The molecular weight excluding hydrogens is 204 g/mol. The van der Waals surface area contributed by atoms with E-state index in [9.17, 15) is 4.79 Å². The van der Waals surface area contributed by atoms with Gasteiger partial charge in [-0.1, -0.05) is 0 Å². The number of methoxy groups -OCH3 is 1. The Hall–Kier alpha value is -0.320. The summed E-state index contributed by atoms with van der Waals surface area (Å²) in [6.45, 7) is 2.21. The third-order valence-corrected chi connectivity index (χ3v) is 2.32. The van der Waals surface area contributed by atoms with E-state index in [2.05, 4.69) is 0 Å². The summed E-state index contributed by atoms with van der Waals surface area (Å²) in [6, 6.07) is 0.186. The van der Waals surface area contributed by atoms with Crippen LogP contribution in [0.4, 0.5) is 0 Å². The van der Waals surface area contributed by atoms with Gasteiger partial charge in [0.2, 0.25) is 5.91 Å². The van der Waals surface area contributed by atoms with Gasteiger partial charge < -0.3 is 15.4 Å². The maximum atomic E-state index is 11.5. The molecule has 1 heterocycles. The second-order valence-electron chi connectivity index (χ2n) is 3.48. The molecular formula is C9H19ClN2O2. The maximum absolute atomic E-state index is 11.5. The van der Waals surface area contributed by atoms with Crippen molar-refractivity contribution in [2.24, 2.45) is 5.73 Å². The van der Waals surface area contributed by atoms with Crippen LogP contribution >= 0.6 is 12.4 Å². The zero-order chi connectivity index (χ0) is 9.68. The molecule has 0 unspecified atom stereocenters. The van der Waals surface area contributed by atoms with Gasteiger partial charge in [0, 0.05) is 39.3 Å². The van der Waals surface area contributed by atoms with Crippen molar-refractivity contribution in [3.05, 3.63) is 0 Å². The Kier molecular flexibility index (Phi) is 6.87. The molecule has 1 aliphatic heterocycles. The molecule has 1 amide bonds. The van der Waals surface area contributed by atoms with Crippen LogP contribution in [0.2, 0.25) is 0 Å². The first-order valence-corrected chi connectivity index (χ1v) is 4.76. The zero-order valence-electron chi connectivity index (χ0n) is 8.57. The van der Waals surface area contributed by atoms with Gasteiger partial charge in [0.15, 0.2) is 0 Å². The van der Waals surface area contributed by atoms with Crippen molar-refractivity contribution in [1.29, 1.82) is 0 Å². The van der Waals surface area contributed by atoms with Crippen molar-refractivity contribution in [3.8, 4) is 0 Å². The highest BCUT2D eigenvalue weighted by Crippen LogP contribution is 2.09. The summed E-state index contributed by atoms with van der Waals surface area (Å²) >= 11 is 0. The molecule has 2 N–H and O–H groups in total. The molecule has 0 saturated carbocycles. The van der Waals surface area contributed by atoms with Crippen LogP contribution < -0.4 is 5.73 Å². The van der Waals surface area contributed by atoms with E-state index in [1.165, 1.54) is 0 Å². The Labute approximate surface area is 91.2 Å². The zero-order valence-corrected chi connectivity index (χ0v) is 9.39. The van der Waals surface area contributed by atoms with E-state index in [0.29, 0.717) is 13.0 Å². The molecule has 0 radical (unpaired) electrons.